The first-order valence-electron chi connectivity index (χ1n) is 8.35. The standard InChI is InChI=1S/C20H18F3NO/c21-18-9-20(23)19(22)8-17(18)14-6-15-11-25-12-16(7-14)24(15)10-13-4-2-1-3-5-13/h1-6,8-9,15-16H,7,10-12H2. The van der Waals surface area contributed by atoms with E-state index in [1.807, 2.05) is 24.3 Å². The van der Waals surface area contributed by atoms with E-state index >= 15 is 0 Å². The molecule has 25 heavy (non-hydrogen) atoms. The van der Waals surface area contributed by atoms with Crippen molar-refractivity contribution in [1.29, 1.82) is 0 Å². The maximum Gasteiger partial charge on any atom is 0.161 e. The largest absolute Gasteiger partial charge is 0.378 e. The Morgan fingerprint density at radius 2 is 1.72 bits per heavy atom. The molecule has 2 aromatic carbocycles. The summed E-state index contributed by atoms with van der Waals surface area (Å²) >= 11 is 0. The Bertz CT molecular complexity index is 806. The third-order valence-corrected chi connectivity index (χ3v) is 4.91. The van der Waals surface area contributed by atoms with Gasteiger partial charge >= 0.3 is 0 Å². The molecule has 0 saturated carbocycles. The Hall–Kier alpha value is -2.11. The van der Waals surface area contributed by atoms with Crippen LogP contribution in [0.25, 0.3) is 5.57 Å². The molecule has 2 aliphatic heterocycles. The van der Waals surface area contributed by atoms with Crippen LogP contribution in [0.2, 0.25) is 0 Å². The average molecular weight is 345 g/mol. The van der Waals surface area contributed by atoms with E-state index in [1.54, 1.807) is 0 Å². The highest BCUT2D eigenvalue weighted by molar-refractivity contribution is 5.68. The summed E-state index contributed by atoms with van der Waals surface area (Å²) in [5.41, 5.74) is 2.07. The summed E-state index contributed by atoms with van der Waals surface area (Å²) in [5, 5.41) is 0. The topological polar surface area (TPSA) is 12.5 Å². The molecule has 0 aromatic heterocycles. The lowest BCUT2D eigenvalue weighted by Crippen LogP contribution is -2.53. The van der Waals surface area contributed by atoms with Gasteiger partial charge in [0, 0.05) is 24.2 Å². The summed E-state index contributed by atoms with van der Waals surface area (Å²) in [7, 11) is 0. The van der Waals surface area contributed by atoms with Gasteiger partial charge in [-0.25, -0.2) is 13.2 Å². The monoisotopic (exact) mass is 345 g/mol. The molecule has 2 heterocycles. The summed E-state index contributed by atoms with van der Waals surface area (Å²) in [6.45, 7) is 1.84. The smallest absolute Gasteiger partial charge is 0.161 e. The summed E-state index contributed by atoms with van der Waals surface area (Å²) in [5.74, 6) is -2.90. The van der Waals surface area contributed by atoms with Gasteiger partial charge in [0.25, 0.3) is 0 Å². The zero-order valence-electron chi connectivity index (χ0n) is 13.6. The highest BCUT2D eigenvalue weighted by Crippen LogP contribution is 2.35. The number of nitrogens with zero attached hydrogens (tertiary/aromatic N) is 1. The van der Waals surface area contributed by atoms with Gasteiger partial charge < -0.3 is 4.74 Å². The number of hydrogen-bond acceptors (Lipinski definition) is 2. The number of ether oxygens (including phenoxy) is 1. The number of morpholine rings is 1. The van der Waals surface area contributed by atoms with E-state index in [1.165, 1.54) is 5.56 Å². The molecule has 0 N–H and O–H groups in total. The fourth-order valence-electron chi connectivity index (χ4n) is 3.67. The van der Waals surface area contributed by atoms with Crippen LogP contribution in [0.15, 0.2) is 48.5 Å². The zero-order valence-corrected chi connectivity index (χ0v) is 13.6. The van der Waals surface area contributed by atoms with Gasteiger partial charge in [-0.1, -0.05) is 36.4 Å². The molecule has 2 bridgehead atoms. The number of benzene rings is 2. The highest BCUT2D eigenvalue weighted by Gasteiger charge is 2.35. The molecule has 5 heteroatoms. The van der Waals surface area contributed by atoms with Gasteiger partial charge in [-0.3, -0.25) is 4.90 Å². The second kappa shape index (κ2) is 6.65. The highest BCUT2D eigenvalue weighted by atomic mass is 19.2. The van der Waals surface area contributed by atoms with Crippen LogP contribution >= 0.6 is 0 Å². The molecule has 2 aliphatic rings. The summed E-state index contributed by atoms with van der Waals surface area (Å²) in [4.78, 5) is 2.33. The average Bonchev–Trinajstić information content (AvgIpc) is 2.59. The lowest BCUT2D eigenvalue weighted by atomic mass is 9.89. The molecule has 0 spiro atoms. The molecule has 2 unspecified atom stereocenters. The SMILES string of the molecule is Fc1cc(F)c(C2=CC3COCC(C2)N3Cc2ccccc2)cc1F. The van der Waals surface area contributed by atoms with Gasteiger partial charge in [-0.05, 0) is 23.6 Å². The van der Waals surface area contributed by atoms with Crippen molar-refractivity contribution in [2.75, 3.05) is 13.2 Å². The van der Waals surface area contributed by atoms with Crippen LogP contribution in [0.1, 0.15) is 17.5 Å². The predicted octanol–water partition coefficient (Wildman–Crippen LogP) is 4.16. The molecule has 2 atom stereocenters. The maximum absolute atomic E-state index is 14.1. The maximum atomic E-state index is 14.1. The molecular formula is C20H18F3NO. The molecule has 2 aromatic rings. The minimum absolute atomic E-state index is 0.00443. The Labute approximate surface area is 144 Å². The van der Waals surface area contributed by atoms with Gasteiger partial charge in [-0.15, -0.1) is 0 Å². The fourth-order valence-corrected chi connectivity index (χ4v) is 3.67. The fraction of sp³-hybridized carbons (Fsp3) is 0.300. The molecule has 0 aliphatic carbocycles. The molecule has 1 fully saturated rings. The van der Waals surface area contributed by atoms with Crippen molar-refractivity contribution in [2.45, 2.75) is 25.0 Å². The minimum Gasteiger partial charge on any atom is -0.378 e. The summed E-state index contributed by atoms with van der Waals surface area (Å²) < 4.78 is 46.6. The van der Waals surface area contributed by atoms with E-state index in [-0.39, 0.29) is 17.6 Å². The number of halogens is 3. The molecule has 1 saturated heterocycles. The summed E-state index contributed by atoms with van der Waals surface area (Å²) in [6, 6.07) is 11.8. The third-order valence-electron chi connectivity index (χ3n) is 4.91. The van der Waals surface area contributed by atoms with E-state index < -0.39 is 17.5 Å². The second-order valence-electron chi connectivity index (χ2n) is 6.56. The molecule has 2 nitrogen and oxygen atoms in total. The van der Waals surface area contributed by atoms with E-state index in [4.69, 9.17) is 4.74 Å². The van der Waals surface area contributed by atoms with Crippen LogP contribution < -0.4 is 0 Å². The first-order chi connectivity index (χ1) is 12.1. The van der Waals surface area contributed by atoms with Crippen LogP contribution in [0.4, 0.5) is 13.2 Å². The molecule has 130 valence electrons. The first kappa shape index (κ1) is 16.4. The predicted molar refractivity (Wildman–Crippen MR) is 89.3 cm³/mol. The van der Waals surface area contributed by atoms with Crippen molar-refractivity contribution in [3.05, 3.63) is 77.1 Å². The quantitative estimate of drug-likeness (QED) is 0.775. The molecule has 0 amide bonds. The number of rotatable bonds is 3. The molecule has 0 radical (unpaired) electrons. The van der Waals surface area contributed by atoms with Gasteiger partial charge in [0.2, 0.25) is 0 Å². The van der Waals surface area contributed by atoms with E-state index in [0.717, 1.165) is 18.2 Å². The summed E-state index contributed by atoms with van der Waals surface area (Å²) in [6.07, 6.45) is 2.47. The van der Waals surface area contributed by atoms with Crippen molar-refractivity contribution in [3.8, 4) is 0 Å². The van der Waals surface area contributed by atoms with Crippen molar-refractivity contribution in [3.63, 3.8) is 0 Å². The van der Waals surface area contributed by atoms with Crippen LogP contribution in [0, 0.1) is 17.5 Å². The Morgan fingerprint density at radius 3 is 2.48 bits per heavy atom. The lowest BCUT2D eigenvalue weighted by molar-refractivity contribution is -0.0403. The second-order valence-corrected chi connectivity index (χ2v) is 6.56. The zero-order chi connectivity index (χ0) is 17.4. The Morgan fingerprint density at radius 1 is 0.960 bits per heavy atom. The van der Waals surface area contributed by atoms with Gasteiger partial charge in [0.1, 0.15) is 5.82 Å². The van der Waals surface area contributed by atoms with E-state index in [9.17, 15) is 13.2 Å². The van der Waals surface area contributed by atoms with Gasteiger partial charge in [0.15, 0.2) is 11.6 Å². The molecular weight excluding hydrogens is 327 g/mol. The van der Waals surface area contributed by atoms with Crippen LogP contribution in [-0.4, -0.2) is 30.2 Å². The van der Waals surface area contributed by atoms with E-state index in [2.05, 4.69) is 17.0 Å². The lowest BCUT2D eigenvalue weighted by Gasteiger charge is -2.44. The van der Waals surface area contributed by atoms with Crippen LogP contribution in [0.5, 0.6) is 0 Å². The van der Waals surface area contributed by atoms with Crippen molar-refractivity contribution < 1.29 is 17.9 Å². The van der Waals surface area contributed by atoms with Crippen molar-refractivity contribution >= 4 is 5.57 Å². The number of fused-ring (bicyclic) bond motifs is 2. The molecule has 4 rings (SSSR count). The van der Waals surface area contributed by atoms with Crippen molar-refractivity contribution in [2.24, 2.45) is 0 Å². The first-order valence-corrected chi connectivity index (χ1v) is 8.35. The van der Waals surface area contributed by atoms with Gasteiger partial charge in [-0.2, -0.15) is 0 Å². The Balaban J connectivity index is 1.64. The van der Waals surface area contributed by atoms with Gasteiger partial charge in [0.05, 0.1) is 19.3 Å². The van der Waals surface area contributed by atoms with Crippen LogP contribution in [-0.2, 0) is 11.3 Å². The number of hydrogen-bond donors (Lipinski definition) is 0. The third kappa shape index (κ3) is 3.22. The Kier molecular flexibility index (Phi) is 4.36. The van der Waals surface area contributed by atoms with Crippen molar-refractivity contribution in [1.82, 2.24) is 4.90 Å². The van der Waals surface area contributed by atoms with E-state index in [0.29, 0.717) is 25.7 Å². The normalized spacial score (nSPS) is 23.4. The minimum atomic E-state index is -1.16. The van der Waals surface area contributed by atoms with Crippen LogP contribution in [0.3, 0.4) is 0 Å².